The Kier molecular flexibility index (Phi) is 9.90. The van der Waals surface area contributed by atoms with E-state index in [2.05, 4.69) is 34.6 Å². The Morgan fingerprint density at radius 1 is 0.709 bits per heavy atom. The second-order valence-electron chi connectivity index (χ2n) is 21.1. The molecule has 8 rings (SSSR count). The van der Waals surface area contributed by atoms with Gasteiger partial charge >= 0.3 is 0 Å². The van der Waals surface area contributed by atoms with Crippen molar-refractivity contribution in [3.63, 3.8) is 0 Å². The van der Waals surface area contributed by atoms with E-state index in [4.69, 9.17) is 23.7 Å². The Morgan fingerprint density at radius 3 is 2.05 bits per heavy atom. The zero-order chi connectivity index (χ0) is 40.1. The molecule has 9 N–H and O–H groups in total. The predicted molar refractivity (Wildman–Crippen MR) is 194 cm³/mol. The zero-order valence-electron chi connectivity index (χ0n) is 33.6. The van der Waals surface area contributed by atoms with Gasteiger partial charge in [-0.25, -0.2) is 0 Å². The summed E-state index contributed by atoms with van der Waals surface area (Å²) in [6, 6.07) is 0. The van der Waals surface area contributed by atoms with E-state index >= 15 is 0 Å². The number of ether oxygens (including phenoxy) is 5. The molecule has 21 atom stereocenters. The highest BCUT2D eigenvalue weighted by Gasteiger charge is 2.85. The first-order valence-electron chi connectivity index (χ1n) is 20.9. The summed E-state index contributed by atoms with van der Waals surface area (Å²) < 4.78 is 31.9. The smallest absolute Gasteiger partial charge is 0.186 e. The van der Waals surface area contributed by atoms with Crippen molar-refractivity contribution in [2.24, 2.45) is 44.8 Å². The van der Waals surface area contributed by atoms with Crippen molar-refractivity contribution < 1.29 is 69.6 Å². The topological polar surface area (TPSA) is 228 Å². The summed E-state index contributed by atoms with van der Waals surface area (Å²) in [5, 5.41) is 97.2. The molecule has 0 amide bonds. The molecule has 0 bridgehead atoms. The SMILES string of the molecule is CC(C)(O)[C@H]1CC[C@@](C)([C@H]2[C@@H](O)C[C@@]3(C)[C@@H]4C[C@H](OC5OC(CO)C(O)C(O)C5O)[C@H]5C(C)(C)[C@@H](OC6OCC(O)C(O)C6O)CC[C@@]56C[C@@]46CC[C@]23C)O1. The van der Waals surface area contributed by atoms with Gasteiger partial charge in [0, 0.05) is 5.92 Å². The van der Waals surface area contributed by atoms with E-state index in [-0.39, 0.29) is 52.1 Å². The molecule has 3 heterocycles. The normalized spacial score (nSPS) is 58.7. The van der Waals surface area contributed by atoms with Gasteiger partial charge in [-0.1, -0.05) is 27.7 Å². The van der Waals surface area contributed by atoms with E-state index in [1.807, 2.05) is 0 Å². The maximum Gasteiger partial charge on any atom is 0.186 e. The lowest BCUT2D eigenvalue weighted by atomic mass is 9.41. The van der Waals surface area contributed by atoms with Crippen LogP contribution >= 0.6 is 0 Å². The van der Waals surface area contributed by atoms with Crippen LogP contribution < -0.4 is 0 Å². The molecular formula is C41H68O14. The minimum Gasteiger partial charge on any atom is -0.394 e. The van der Waals surface area contributed by atoms with Gasteiger partial charge in [-0.15, -0.1) is 0 Å². The highest BCUT2D eigenvalue weighted by atomic mass is 16.7. The van der Waals surface area contributed by atoms with Crippen molar-refractivity contribution in [3.05, 3.63) is 0 Å². The molecule has 0 aromatic carbocycles. The largest absolute Gasteiger partial charge is 0.394 e. The van der Waals surface area contributed by atoms with Crippen molar-refractivity contribution in [1.82, 2.24) is 0 Å². The number of rotatable bonds is 7. The molecule has 0 aromatic heterocycles. The van der Waals surface area contributed by atoms with Crippen LogP contribution in [-0.4, -0.2) is 150 Å². The number of aliphatic hydroxyl groups excluding tert-OH is 8. The summed E-state index contributed by atoms with van der Waals surface area (Å²) in [6.07, 6.45) is -7.48. The van der Waals surface area contributed by atoms with Crippen molar-refractivity contribution in [1.29, 1.82) is 0 Å². The summed E-state index contributed by atoms with van der Waals surface area (Å²) in [5.74, 6) is -0.215. The number of aliphatic hydroxyl groups is 9. The molecule has 5 aliphatic carbocycles. The minimum absolute atomic E-state index is 0.0633. The van der Waals surface area contributed by atoms with Crippen molar-refractivity contribution in [2.75, 3.05) is 13.2 Å². The maximum absolute atomic E-state index is 12.2. The highest BCUT2D eigenvalue weighted by molar-refractivity contribution is 5.33. The van der Waals surface area contributed by atoms with Gasteiger partial charge in [0.05, 0.1) is 48.8 Å². The maximum atomic E-state index is 12.2. The second-order valence-corrected chi connectivity index (χ2v) is 21.1. The summed E-state index contributed by atoms with van der Waals surface area (Å²) in [5.41, 5.74) is -3.16. The Bertz CT molecular complexity index is 1460. The molecule has 5 saturated carbocycles. The van der Waals surface area contributed by atoms with Crippen LogP contribution in [0.1, 0.15) is 106 Å². The van der Waals surface area contributed by atoms with Crippen LogP contribution in [0.3, 0.4) is 0 Å². The third-order valence-electron chi connectivity index (χ3n) is 17.6. The van der Waals surface area contributed by atoms with Gasteiger partial charge in [0.25, 0.3) is 0 Å². The summed E-state index contributed by atoms with van der Waals surface area (Å²) in [7, 11) is 0. The Balaban J connectivity index is 1.15. The van der Waals surface area contributed by atoms with Gasteiger partial charge < -0.3 is 69.6 Å². The van der Waals surface area contributed by atoms with Gasteiger partial charge in [-0.05, 0) is 117 Å². The van der Waals surface area contributed by atoms with E-state index in [1.165, 1.54) is 0 Å². The molecule has 8 fully saturated rings. The molecule has 0 radical (unpaired) electrons. The van der Waals surface area contributed by atoms with E-state index in [0.29, 0.717) is 25.7 Å². The number of hydrogen-bond donors (Lipinski definition) is 9. The standard InChI is InChI=1S/C41H68O14/c1-35(2)24(54-33-29(48)26(45)20(44)17-51-33)9-11-41-18-40(41)13-12-37(5)31(39(7)10-8-25(55-39)36(3,4)50)19(43)15-38(37,6)23(40)14-21(32(35)41)52-34-30(49)28(47)27(46)22(16-42)53-34/h19-34,42-50H,8-18H2,1-7H3/t19-,20?,21-,22?,23-,24-,25+,26?,27?,28?,29?,30?,31-,32-,33?,34?,37+,38-,39-,40-,41+/m0/s1. The quantitative estimate of drug-likeness (QED) is 0.162. The van der Waals surface area contributed by atoms with Crippen molar-refractivity contribution in [2.45, 2.75) is 197 Å². The van der Waals surface area contributed by atoms with Crippen LogP contribution in [-0.2, 0) is 23.7 Å². The number of fused-ring (bicyclic) bond motifs is 2. The van der Waals surface area contributed by atoms with Crippen molar-refractivity contribution >= 4 is 0 Å². The second kappa shape index (κ2) is 13.2. The molecule has 3 aliphatic heterocycles. The van der Waals surface area contributed by atoms with Crippen LogP contribution in [0.5, 0.6) is 0 Å². The molecule has 3 saturated heterocycles. The summed E-state index contributed by atoms with van der Waals surface area (Å²) in [4.78, 5) is 0. The van der Waals surface area contributed by atoms with Gasteiger partial charge in [0.1, 0.15) is 42.7 Å². The van der Waals surface area contributed by atoms with E-state index in [1.54, 1.807) is 13.8 Å². The van der Waals surface area contributed by atoms with E-state index < -0.39 is 96.8 Å². The van der Waals surface area contributed by atoms with E-state index in [0.717, 1.165) is 32.1 Å². The van der Waals surface area contributed by atoms with Crippen LogP contribution in [0, 0.1) is 44.8 Å². The molecule has 9 unspecified atom stereocenters. The monoisotopic (exact) mass is 784 g/mol. The Labute approximate surface area is 324 Å². The van der Waals surface area contributed by atoms with Crippen LogP contribution in [0.4, 0.5) is 0 Å². The van der Waals surface area contributed by atoms with Gasteiger partial charge in [-0.3, -0.25) is 0 Å². The van der Waals surface area contributed by atoms with Crippen LogP contribution in [0.15, 0.2) is 0 Å². The average Bonchev–Trinajstić information content (AvgIpc) is 3.47. The molecule has 0 aromatic rings. The van der Waals surface area contributed by atoms with E-state index in [9.17, 15) is 46.0 Å². The molecule has 55 heavy (non-hydrogen) atoms. The lowest BCUT2D eigenvalue weighted by Crippen LogP contribution is -2.65. The van der Waals surface area contributed by atoms with Gasteiger partial charge in [0.2, 0.25) is 0 Å². The van der Waals surface area contributed by atoms with Crippen molar-refractivity contribution in [3.8, 4) is 0 Å². The lowest BCUT2D eigenvalue weighted by Gasteiger charge is -2.65. The van der Waals surface area contributed by atoms with Crippen LogP contribution in [0.2, 0.25) is 0 Å². The Morgan fingerprint density at radius 2 is 1.40 bits per heavy atom. The zero-order valence-corrected chi connectivity index (χ0v) is 33.6. The third-order valence-corrected chi connectivity index (χ3v) is 17.6. The fourth-order valence-corrected chi connectivity index (χ4v) is 14.9. The van der Waals surface area contributed by atoms with Gasteiger partial charge in [-0.2, -0.15) is 0 Å². The first kappa shape index (κ1) is 41.2. The predicted octanol–water partition coefficient (Wildman–Crippen LogP) is 0.724. The summed E-state index contributed by atoms with van der Waals surface area (Å²) in [6.45, 7) is 13.8. The number of hydrogen-bond acceptors (Lipinski definition) is 14. The molecule has 2 spiro atoms. The third kappa shape index (κ3) is 5.70. The lowest BCUT2D eigenvalue weighted by molar-refractivity contribution is -0.339. The molecule has 316 valence electrons. The fourth-order valence-electron chi connectivity index (χ4n) is 14.9. The average molecular weight is 785 g/mol. The highest BCUT2D eigenvalue weighted by Crippen LogP contribution is 2.89. The summed E-state index contributed by atoms with van der Waals surface area (Å²) >= 11 is 0. The minimum atomic E-state index is -1.60. The fraction of sp³-hybridized carbons (Fsp3) is 1.00. The first-order chi connectivity index (χ1) is 25.5. The molecule has 14 nitrogen and oxygen atoms in total. The molecule has 14 heteroatoms. The van der Waals surface area contributed by atoms with Gasteiger partial charge in [0.15, 0.2) is 12.6 Å². The molecule has 8 aliphatic rings. The van der Waals surface area contributed by atoms with Crippen LogP contribution in [0.25, 0.3) is 0 Å². The Hall–Kier alpha value is -0.560. The first-order valence-corrected chi connectivity index (χ1v) is 20.9. The molecular weight excluding hydrogens is 716 g/mol.